The summed E-state index contributed by atoms with van der Waals surface area (Å²) in [6.07, 6.45) is 0. The molecule has 0 unspecified atom stereocenters. The van der Waals surface area contributed by atoms with Gasteiger partial charge in [0.15, 0.2) is 11.5 Å². The molecule has 1 aliphatic rings. The third-order valence-corrected chi connectivity index (χ3v) is 7.90. The van der Waals surface area contributed by atoms with Gasteiger partial charge < -0.3 is 28.3 Å². The van der Waals surface area contributed by atoms with Crippen molar-refractivity contribution >= 4 is 18.9 Å². The van der Waals surface area contributed by atoms with E-state index in [1.54, 1.807) is 13.8 Å². The highest BCUT2D eigenvalue weighted by atomic mass is 31.2. The summed E-state index contributed by atoms with van der Waals surface area (Å²) in [5.41, 5.74) is 3.04. The van der Waals surface area contributed by atoms with Gasteiger partial charge in [-0.3, -0.25) is 4.57 Å². The minimum absolute atomic E-state index is 0.129. The largest absolute Gasteiger partial charge is 0.454 e. The molecule has 0 atom stereocenters. The molecule has 0 spiro atoms. The lowest BCUT2D eigenvalue weighted by Crippen LogP contribution is -2.17. The van der Waals surface area contributed by atoms with Crippen molar-refractivity contribution in [3.8, 4) is 11.5 Å². The van der Waals surface area contributed by atoms with Gasteiger partial charge in [-0.05, 0) is 42.7 Å². The molecule has 0 aliphatic carbocycles. The van der Waals surface area contributed by atoms with E-state index in [4.69, 9.17) is 27.9 Å². The Labute approximate surface area is 216 Å². The maximum absolute atomic E-state index is 13.9. The van der Waals surface area contributed by atoms with E-state index in [0.717, 1.165) is 16.7 Å². The molecule has 1 N–H and O–H groups in total. The number of oxazole rings is 1. The van der Waals surface area contributed by atoms with E-state index in [1.807, 2.05) is 78.9 Å². The van der Waals surface area contributed by atoms with Crippen LogP contribution in [0.1, 0.15) is 42.3 Å². The first-order chi connectivity index (χ1) is 18.1. The number of hydrogen-bond acceptors (Lipinski definition) is 8. The molecule has 0 saturated heterocycles. The van der Waals surface area contributed by atoms with Crippen LogP contribution in [-0.2, 0) is 20.2 Å². The number of anilines is 1. The predicted molar refractivity (Wildman–Crippen MR) is 141 cm³/mol. The van der Waals surface area contributed by atoms with Gasteiger partial charge in [0.25, 0.3) is 0 Å². The molecule has 0 fully saturated rings. The molecule has 5 rings (SSSR count). The van der Waals surface area contributed by atoms with Crippen LogP contribution < -0.4 is 20.2 Å². The molecule has 192 valence electrons. The van der Waals surface area contributed by atoms with E-state index < -0.39 is 7.60 Å². The van der Waals surface area contributed by atoms with Crippen molar-refractivity contribution in [3.63, 3.8) is 0 Å². The third kappa shape index (κ3) is 5.42. The maximum atomic E-state index is 13.9. The zero-order valence-corrected chi connectivity index (χ0v) is 21.6. The normalized spacial score (nSPS) is 12.7. The fourth-order valence-corrected chi connectivity index (χ4v) is 5.85. The number of aromatic nitrogens is 1. The van der Waals surface area contributed by atoms with Gasteiger partial charge >= 0.3 is 7.60 Å². The van der Waals surface area contributed by atoms with Gasteiger partial charge in [0.1, 0.15) is 0 Å². The Bertz CT molecular complexity index is 1330. The molecule has 2 heterocycles. The van der Waals surface area contributed by atoms with Crippen LogP contribution in [0, 0.1) is 0 Å². The van der Waals surface area contributed by atoms with Crippen LogP contribution in [0.4, 0.5) is 5.88 Å². The van der Waals surface area contributed by atoms with Gasteiger partial charge in [0.05, 0.1) is 19.1 Å². The van der Waals surface area contributed by atoms with E-state index in [-0.39, 0.29) is 37.2 Å². The molecule has 0 radical (unpaired) electrons. The Morgan fingerprint density at radius 3 is 2.14 bits per heavy atom. The van der Waals surface area contributed by atoms with E-state index >= 15 is 0 Å². The van der Waals surface area contributed by atoms with Crippen LogP contribution in [0.2, 0.25) is 0 Å². The SMILES string of the molecule is CCOP(=O)(OCC)c1nc(C(c2ccccc2)c2ccccc2)oc1NCc1ccc2c(c1)OCO2. The minimum atomic E-state index is -3.76. The van der Waals surface area contributed by atoms with Crippen LogP contribution in [0.5, 0.6) is 11.5 Å². The molecule has 3 aromatic carbocycles. The van der Waals surface area contributed by atoms with Crippen molar-refractivity contribution in [1.82, 2.24) is 4.98 Å². The Balaban J connectivity index is 1.56. The Morgan fingerprint density at radius 2 is 1.51 bits per heavy atom. The molecule has 1 aliphatic heterocycles. The summed E-state index contributed by atoms with van der Waals surface area (Å²) in [6, 6.07) is 25.6. The van der Waals surface area contributed by atoms with Gasteiger partial charge in [0, 0.05) is 6.54 Å². The molecule has 1 aromatic heterocycles. The maximum Gasteiger partial charge on any atom is 0.385 e. The van der Waals surface area contributed by atoms with Crippen molar-refractivity contribution in [2.45, 2.75) is 26.3 Å². The summed E-state index contributed by atoms with van der Waals surface area (Å²) < 4.78 is 42.4. The smallest absolute Gasteiger partial charge is 0.385 e. The summed E-state index contributed by atoms with van der Waals surface area (Å²) in [7, 11) is -3.76. The first-order valence-corrected chi connectivity index (χ1v) is 13.8. The van der Waals surface area contributed by atoms with E-state index in [9.17, 15) is 4.57 Å². The van der Waals surface area contributed by atoms with Crippen molar-refractivity contribution in [2.75, 3.05) is 25.3 Å². The summed E-state index contributed by atoms with van der Waals surface area (Å²) in [5, 5.41) is 3.26. The first-order valence-electron chi connectivity index (χ1n) is 12.2. The highest BCUT2D eigenvalue weighted by molar-refractivity contribution is 7.62. The fraction of sp³-hybridized carbons (Fsp3) is 0.250. The van der Waals surface area contributed by atoms with Gasteiger partial charge in [-0.15, -0.1) is 0 Å². The van der Waals surface area contributed by atoms with Gasteiger partial charge in [-0.1, -0.05) is 66.7 Å². The molecule has 9 heteroatoms. The summed E-state index contributed by atoms with van der Waals surface area (Å²) in [5.74, 6) is 1.70. The fourth-order valence-electron chi connectivity index (χ4n) is 4.25. The minimum Gasteiger partial charge on any atom is -0.454 e. The van der Waals surface area contributed by atoms with Crippen LogP contribution in [0.15, 0.2) is 83.3 Å². The highest BCUT2D eigenvalue weighted by Crippen LogP contribution is 2.49. The highest BCUT2D eigenvalue weighted by Gasteiger charge is 2.37. The van der Waals surface area contributed by atoms with Crippen molar-refractivity contribution in [1.29, 1.82) is 0 Å². The van der Waals surface area contributed by atoms with Crippen molar-refractivity contribution < 1.29 is 27.5 Å². The van der Waals surface area contributed by atoms with Crippen LogP contribution in [0.3, 0.4) is 0 Å². The van der Waals surface area contributed by atoms with Crippen molar-refractivity contribution in [2.24, 2.45) is 0 Å². The predicted octanol–water partition coefficient (Wildman–Crippen LogP) is 6.09. The number of fused-ring (bicyclic) bond motifs is 1. The van der Waals surface area contributed by atoms with Gasteiger partial charge in [-0.25, -0.2) is 4.98 Å². The molecule has 0 bridgehead atoms. The van der Waals surface area contributed by atoms with E-state index in [1.165, 1.54) is 0 Å². The van der Waals surface area contributed by atoms with Gasteiger partial charge in [0.2, 0.25) is 24.0 Å². The average molecular weight is 521 g/mol. The zero-order valence-electron chi connectivity index (χ0n) is 20.8. The Morgan fingerprint density at radius 1 is 0.892 bits per heavy atom. The summed E-state index contributed by atoms with van der Waals surface area (Å²) in [6.45, 7) is 4.50. The average Bonchev–Trinajstić information content (AvgIpc) is 3.56. The number of rotatable bonds is 11. The lowest BCUT2D eigenvalue weighted by Gasteiger charge is -2.16. The molecular formula is C28H29N2O6P. The molecule has 8 nitrogen and oxygen atoms in total. The van der Waals surface area contributed by atoms with Crippen molar-refractivity contribution in [3.05, 3.63) is 101 Å². The lowest BCUT2D eigenvalue weighted by molar-refractivity contribution is 0.174. The lowest BCUT2D eigenvalue weighted by atomic mass is 9.91. The summed E-state index contributed by atoms with van der Waals surface area (Å²) >= 11 is 0. The topological polar surface area (TPSA) is 92.1 Å². The molecule has 37 heavy (non-hydrogen) atoms. The monoisotopic (exact) mass is 520 g/mol. The number of nitrogens with zero attached hydrogens (tertiary/aromatic N) is 1. The second-order valence-electron chi connectivity index (χ2n) is 8.33. The number of hydrogen-bond donors (Lipinski definition) is 1. The van der Waals surface area contributed by atoms with Crippen LogP contribution in [-0.4, -0.2) is 25.0 Å². The molecule has 0 amide bonds. The molecular weight excluding hydrogens is 491 g/mol. The zero-order chi connectivity index (χ0) is 25.7. The quantitative estimate of drug-likeness (QED) is 0.238. The third-order valence-electron chi connectivity index (χ3n) is 5.89. The number of nitrogens with one attached hydrogen (secondary N) is 1. The van der Waals surface area contributed by atoms with E-state index in [0.29, 0.717) is 23.9 Å². The standard InChI is InChI=1S/C28H29N2O6P/c1-3-34-37(31,35-4-2)28-27(29-18-20-15-16-23-24(17-20)33-19-32-23)36-26(30-28)25(21-11-7-5-8-12-21)22-13-9-6-10-14-22/h5-17,25,29H,3-4,18-19H2,1-2H3. The second kappa shape index (κ2) is 11.2. The molecule has 0 saturated carbocycles. The van der Waals surface area contributed by atoms with E-state index in [2.05, 4.69) is 5.32 Å². The Hall–Kier alpha value is -3.58. The Kier molecular flexibility index (Phi) is 7.60. The second-order valence-corrected chi connectivity index (χ2v) is 10.3. The molecule has 4 aromatic rings. The number of benzene rings is 3. The number of ether oxygens (including phenoxy) is 2. The van der Waals surface area contributed by atoms with Crippen LogP contribution >= 0.6 is 7.60 Å². The van der Waals surface area contributed by atoms with Gasteiger partial charge in [-0.2, -0.15) is 0 Å². The first kappa shape index (κ1) is 25.1. The van der Waals surface area contributed by atoms with Crippen LogP contribution in [0.25, 0.3) is 0 Å². The summed E-state index contributed by atoms with van der Waals surface area (Å²) in [4.78, 5) is 4.76.